The van der Waals surface area contributed by atoms with Crippen LogP contribution in [-0.4, -0.2) is 30.1 Å². The molecule has 0 heterocycles. The number of hydrogen-bond acceptors (Lipinski definition) is 3. The van der Waals surface area contributed by atoms with Gasteiger partial charge in [0.05, 0.1) is 11.3 Å². The van der Waals surface area contributed by atoms with Crippen molar-refractivity contribution >= 4 is 17.6 Å². The average molecular weight is 254 g/mol. The van der Waals surface area contributed by atoms with Crippen LogP contribution in [0.1, 0.15) is 23.7 Å². The lowest BCUT2D eigenvalue weighted by atomic mass is 10.1. The molecule has 0 fully saturated rings. The molecular formula is C12H15FN2O3. The topological polar surface area (TPSA) is 78.4 Å². The molecule has 0 saturated carbocycles. The quantitative estimate of drug-likeness (QED) is 0.718. The fraction of sp³-hybridized carbons (Fsp3) is 0.333. The van der Waals surface area contributed by atoms with E-state index in [0.717, 1.165) is 0 Å². The van der Waals surface area contributed by atoms with Crippen LogP contribution >= 0.6 is 0 Å². The van der Waals surface area contributed by atoms with Gasteiger partial charge in [0.1, 0.15) is 5.82 Å². The minimum absolute atomic E-state index is 0.0886. The Balaban J connectivity index is 2.67. The molecule has 98 valence electrons. The molecule has 0 unspecified atom stereocenters. The second-order valence-electron chi connectivity index (χ2n) is 3.60. The highest BCUT2D eigenvalue weighted by Crippen LogP contribution is 2.19. The first-order chi connectivity index (χ1) is 8.56. The van der Waals surface area contributed by atoms with Gasteiger partial charge in [-0.1, -0.05) is 6.07 Å². The predicted molar refractivity (Wildman–Crippen MR) is 65.1 cm³/mol. The molecule has 1 aromatic carbocycles. The summed E-state index contributed by atoms with van der Waals surface area (Å²) in [4.78, 5) is 22.1. The Labute approximate surface area is 104 Å². The third kappa shape index (κ3) is 3.73. The van der Waals surface area contributed by atoms with Gasteiger partial charge in [0.15, 0.2) is 0 Å². The number of carbonyl (C=O) groups is 2. The SMILES string of the molecule is CCNC(=O)CCNc1c(F)cccc1C(=O)O. The van der Waals surface area contributed by atoms with E-state index in [1.165, 1.54) is 18.2 Å². The second kappa shape index (κ2) is 6.58. The first-order valence-electron chi connectivity index (χ1n) is 5.58. The van der Waals surface area contributed by atoms with Gasteiger partial charge in [0, 0.05) is 19.5 Å². The standard InChI is InChI=1S/C12H15FN2O3/c1-2-14-10(16)6-7-15-11-8(12(17)18)4-3-5-9(11)13/h3-5,15H,2,6-7H2,1H3,(H,14,16)(H,17,18). The van der Waals surface area contributed by atoms with Crippen LogP contribution in [0.15, 0.2) is 18.2 Å². The maximum Gasteiger partial charge on any atom is 0.337 e. The van der Waals surface area contributed by atoms with E-state index < -0.39 is 11.8 Å². The number of carbonyl (C=O) groups excluding carboxylic acids is 1. The van der Waals surface area contributed by atoms with Crippen molar-refractivity contribution in [2.24, 2.45) is 0 Å². The number of carboxylic acids is 1. The molecule has 0 atom stereocenters. The Kier molecular flexibility index (Phi) is 5.10. The Bertz CT molecular complexity index is 449. The molecule has 1 amide bonds. The van der Waals surface area contributed by atoms with Gasteiger partial charge in [0.2, 0.25) is 5.91 Å². The number of benzene rings is 1. The first-order valence-corrected chi connectivity index (χ1v) is 5.58. The Morgan fingerprint density at radius 1 is 1.39 bits per heavy atom. The molecule has 0 aliphatic heterocycles. The molecule has 0 aliphatic rings. The molecule has 0 aliphatic carbocycles. The van der Waals surface area contributed by atoms with Gasteiger partial charge in [-0.15, -0.1) is 0 Å². The summed E-state index contributed by atoms with van der Waals surface area (Å²) in [6, 6.07) is 3.80. The van der Waals surface area contributed by atoms with Crippen LogP contribution in [0.3, 0.4) is 0 Å². The molecule has 5 nitrogen and oxygen atoms in total. The van der Waals surface area contributed by atoms with E-state index in [9.17, 15) is 14.0 Å². The number of aromatic carboxylic acids is 1. The number of para-hydroxylation sites is 1. The summed E-state index contributed by atoms with van der Waals surface area (Å²) in [5.41, 5.74) is -0.236. The van der Waals surface area contributed by atoms with Crippen molar-refractivity contribution in [2.45, 2.75) is 13.3 Å². The summed E-state index contributed by atoms with van der Waals surface area (Å²) in [5, 5.41) is 14.1. The van der Waals surface area contributed by atoms with E-state index in [1.807, 2.05) is 0 Å². The zero-order valence-corrected chi connectivity index (χ0v) is 10.00. The number of amides is 1. The van der Waals surface area contributed by atoms with Crippen molar-refractivity contribution in [3.05, 3.63) is 29.6 Å². The molecule has 1 aromatic rings. The Morgan fingerprint density at radius 2 is 2.11 bits per heavy atom. The molecule has 0 aromatic heterocycles. The van der Waals surface area contributed by atoms with Crippen molar-refractivity contribution in [2.75, 3.05) is 18.4 Å². The van der Waals surface area contributed by atoms with Crippen LogP contribution in [-0.2, 0) is 4.79 Å². The molecule has 0 bridgehead atoms. The third-order valence-electron chi connectivity index (χ3n) is 2.27. The lowest BCUT2D eigenvalue weighted by molar-refractivity contribution is -0.120. The molecule has 0 spiro atoms. The van der Waals surface area contributed by atoms with Gasteiger partial charge in [-0.2, -0.15) is 0 Å². The molecule has 3 N–H and O–H groups in total. The number of carboxylic acid groups (broad SMARTS) is 1. The van der Waals surface area contributed by atoms with Crippen molar-refractivity contribution in [3.8, 4) is 0 Å². The van der Waals surface area contributed by atoms with Crippen molar-refractivity contribution in [1.82, 2.24) is 5.32 Å². The number of halogens is 1. The van der Waals surface area contributed by atoms with Crippen molar-refractivity contribution in [3.63, 3.8) is 0 Å². The average Bonchev–Trinajstić information content (AvgIpc) is 2.31. The van der Waals surface area contributed by atoms with Crippen molar-refractivity contribution < 1.29 is 19.1 Å². The predicted octanol–water partition coefficient (Wildman–Crippen LogP) is 1.46. The van der Waals surface area contributed by atoms with Crippen LogP contribution < -0.4 is 10.6 Å². The van der Waals surface area contributed by atoms with Crippen LogP contribution in [0.5, 0.6) is 0 Å². The van der Waals surface area contributed by atoms with Gasteiger partial charge in [-0.05, 0) is 19.1 Å². The summed E-state index contributed by atoms with van der Waals surface area (Å²) in [6.07, 6.45) is 0.154. The monoisotopic (exact) mass is 254 g/mol. The minimum Gasteiger partial charge on any atom is -0.478 e. The number of rotatable bonds is 6. The maximum absolute atomic E-state index is 13.5. The molecular weight excluding hydrogens is 239 g/mol. The van der Waals surface area contributed by atoms with Crippen LogP contribution in [0, 0.1) is 5.82 Å². The summed E-state index contributed by atoms with van der Waals surface area (Å²) in [6.45, 7) is 2.50. The third-order valence-corrected chi connectivity index (χ3v) is 2.27. The van der Waals surface area contributed by atoms with E-state index in [-0.39, 0.29) is 30.1 Å². The highest BCUT2D eigenvalue weighted by molar-refractivity contribution is 5.94. The first kappa shape index (κ1) is 14.0. The number of nitrogens with one attached hydrogen (secondary N) is 2. The fourth-order valence-electron chi connectivity index (χ4n) is 1.47. The zero-order valence-electron chi connectivity index (χ0n) is 10.00. The minimum atomic E-state index is -1.21. The summed E-state index contributed by atoms with van der Waals surface area (Å²) in [7, 11) is 0. The van der Waals surface area contributed by atoms with Gasteiger partial charge >= 0.3 is 5.97 Å². The Hall–Kier alpha value is -2.11. The van der Waals surface area contributed by atoms with Gasteiger partial charge in [-0.25, -0.2) is 9.18 Å². The van der Waals surface area contributed by atoms with Crippen LogP contribution in [0.25, 0.3) is 0 Å². The van der Waals surface area contributed by atoms with E-state index in [2.05, 4.69) is 10.6 Å². The summed E-state index contributed by atoms with van der Waals surface area (Å²) in [5.74, 6) is -2.03. The lowest BCUT2D eigenvalue weighted by Gasteiger charge is -2.10. The van der Waals surface area contributed by atoms with Crippen LogP contribution in [0.4, 0.5) is 10.1 Å². The van der Waals surface area contributed by atoms with E-state index in [1.54, 1.807) is 6.92 Å². The molecule has 6 heteroatoms. The van der Waals surface area contributed by atoms with Crippen LogP contribution in [0.2, 0.25) is 0 Å². The summed E-state index contributed by atoms with van der Waals surface area (Å²) < 4.78 is 13.5. The lowest BCUT2D eigenvalue weighted by Crippen LogP contribution is -2.25. The van der Waals surface area contributed by atoms with E-state index in [4.69, 9.17) is 5.11 Å². The summed E-state index contributed by atoms with van der Waals surface area (Å²) >= 11 is 0. The molecule has 0 radical (unpaired) electrons. The van der Waals surface area contributed by atoms with Gasteiger partial charge in [0.25, 0.3) is 0 Å². The van der Waals surface area contributed by atoms with E-state index in [0.29, 0.717) is 6.54 Å². The van der Waals surface area contributed by atoms with Gasteiger partial charge < -0.3 is 15.7 Å². The normalized spacial score (nSPS) is 9.89. The molecule has 0 saturated heterocycles. The second-order valence-corrected chi connectivity index (χ2v) is 3.60. The van der Waals surface area contributed by atoms with Crippen molar-refractivity contribution in [1.29, 1.82) is 0 Å². The largest absolute Gasteiger partial charge is 0.478 e. The number of anilines is 1. The maximum atomic E-state index is 13.5. The smallest absolute Gasteiger partial charge is 0.337 e. The van der Waals surface area contributed by atoms with Gasteiger partial charge in [-0.3, -0.25) is 4.79 Å². The molecule has 18 heavy (non-hydrogen) atoms. The Morgan fingerprint density at radius 3 is 2.72 bits per heavy atom. The number of hydrogen-bond donors (Lipinski definition) is 3. The molecule has 1 rings (SSSR count). The van der Waals surface area contributed by atoms with E-state index >= 15 is 0 Å². The highest BCUT2D eigenvalue weighted by atomic mass is 19.1. The highest BCUT2D eigenvalue weighted by Gasteiger charge is 2.13. The zero-order chi connectivity index (χ0) is 13.5. The fourth-order valence-corrected chi connectivity index (χ4v) is 1.47.